The van der Waals surface area contributed by atoms with Crippen LogP contribution in [0.2, 0.25) is 0 Å². The van der Waals surface area contributed by atoms with Gasteiger partial charge in [0, 0.05) is 19.0 Å². The molecule has 0 spiro atoms. The van der Waals surface area contributed by atoms with Crippen molar-refractivity contribution in [3.05, 3.63) is 59.9 Å². The summed E-state index contributed by atoms with van der Waals surface area (Å²) in [6, 6.07) is 13.3. The minimum Gasteiger partial charge on any atom is -0.497 e. The molecule has 27 heavy (non-hydrogen) atoms. The van der Waals surface area contributed by atoms with Gasteiger partial charge in [-0.1, -0.05) is 18.2 Å². The molecule has 0 aliphatic carbocycles. The van der Waals surface area contributed by atoms with Crippen molar-refractivity contribution in [3.63, 3.8) is 0 Å². The Morgan fingerprint density at radius 2 is 1.74 bits per heavy atom. The maximum absolute atomic E-state index is 13.7. The Bertz CT molecular complexity index is 765. The summed E-state index contributed by atoms with van der Waals surface area (Å²) < 4.78 is 24.3. The van der Waals surface area contributed by atoms with E-state index in [9.17, 15) is 14.0 Å². The van der Waals surface area contributed by atoms with Crippen molar-refractivity contribution in [3.8, 4) is 11.5 Å². The molecule has 0 aliphatic heterocycles. The van der Waals surface area contributed by atoms with E-state index in [1.54, 1.807) is 49.6 Å². The van der Waals surface area contributed by atoms with Gasteiger partial charge in [-0.15, -0.1) is 0 Å². The number of hydrogen-bond acceptors (Lipinski definition) is 4. The van der Waals surface area contributed by atoms with Crippen molar-refractivity contribution in [2.45, 2.75) is 13.5 Å². The molecular weight excluding hydrogens is 351 g/mol. The molecule has 0 bridgehead atoms. The molecule has 0 saturated carbocycles. The molecule has 0 saturated heterocycles. The van der Waals surface area contributed by atoms with Gasteiger partial charge in [-0.3, -0.25) is 9.59 Å². The largest absolute Gasteiger partial charge is 0.497 e. The van der Waals surface area contributed by atoms with Crippen LogP contribution in [0.3, 0.4) is 0 Å². The molecule has 0 heterocycles. The SMILES string of the molecule is COc1ccc(OCCNC(=O)CN(Cc2ccccc2F)C(C)=O)cc1. The van der Waals surface area contributed by atoms with E-state index in [2.05, 4.69) is 5.32 Å². The third-order valence-corrected chi connectivity index (χ3v) is 3.85. The van der Waals surface area contributed by atoms with Crippen LogP contribution in [0.15, 0.2) is 48.5 Å². The summed E-state index contributed by atoms with van der Waals surface area (Å²) in [5, 5.41) is 2.68. The van der Waals surface area contributed by atoms with Crippen LogP contribution in [0.4, 0.5) is 4.39 Å². The number of carbonyl (C=O) groups is 2. The predicted octanol–water partition coefficient (Wildman–Crippen LogP) is 2.38. The molecule has 0 radical (unpaired) electrons. The van der Waals surface area contributed by atoms with Crippen molar-refractivity contribution in [1.82, 2.24) is 10.2 Å². The Balaban J connectivity index is 1.76. The second-order valence-electron chi connectivity index (χ2n) is 5.84. The Morgan fingerprint density at radius 1 is 1.07 bits per heavy atom. The number of halogens is 1. The highest BCUT2D eigenvalue weighted by Crippen LogP contribution is 2.16. The van der Waals surface area contributed by atoms with Crippen molar-refractivity contribution in [2.75, 3.05) is 26.8 Å². The summed E-state index contributed by atoms with van der Waals surface area (Å²) in [6.45, 7) is 1.81. The van der Waals surface area contributed by atoms with Crippen LogP contribution in [-0.4, -0.2) is 43.5 Å². The third kappa shape index (κ3) is 6.62. The lowest BCUT2D eigenvalue weighted by Crippen LogP contribution is -2.40. The summed E-state index contributed by atoms with van der Waals surface area (Å²) in [6.07, 6.45) is 0. The fourth-order valence-corrected chi connectivity index (χ4v) is 2.37. The molecule has 1 N–H and O–H groups in total. The van der Waals surface area contributed by atoms with Gasteiger partial charge in [0.15, 0.2) is 0 Å². The normalized spacial score (nSPS) is 10.2. The molecular formula is C20H23FN2O4. The summed E-state index contributed by atoms with van der Waals surface area (Å²) in [7, 11) is 1.59. The Hall–Kier alpha value is -3.09. The number of carbonyl (C=O) groups excluding carboxylic acids is 2. The maximum Gasteiger partial charge on any atom is 0.239 e. The van der Waals surface area contributed by atoms with E-state index in [1.807, 2.05) is 0 Å². The highest BCUT2D eigenvalue weighted by atomic mass is 19.1. The Kier molecular flexibility index (Phi) is 7.61. The molecule has 7 heteroatoms. The van der Waals surface area contributed by atoms with Crippen LogP contribution in [0, 0.1) is 5.82 Å². The van der Waals surface area contributed by atoms with Crippen molar-refractivity contribution < 1.29 is 23.5 Å². The number of methoxy groups -OCH3 is 1. The molecule has 0 unspecified atom stereocenters. The monoisotopic (exact) mass is 374 g/mol. The van der Waals surface area contributed by atoms with Gasteiger partial charge in [0.2, 0.25) is 11.8 Å². The van der Waals surface area contributed by atoms with Crippen molar-refractivity contribution in [1.29, 1.82) is 0 Å². The third-order valence-electron chi connectivity index (χ3n) is 3.85. The van der Waals surface area contributed by atoms with Gasteiger partial charge in [-0.25, -0.2) is 4.39 Å². The van der Waals surface area contributed by atoms with Crippen molar-refractivity contribution in [2.24, 2.45) is 0 Å². The fraction of sp³-hybridized carbons (Fsp3) is 0.300. The van der Waals surface area contributed by atoms with Crippen LogP contribution < -0.4 is 14.8 Å². The second-order valence-corrected chi connectivity index (χ2v) is 5.84. The maximum atomic E-state index is 13.7. The minimum absolute atomic E-state index is 0.0395. The molecule has 0 fully saturated rings. The first-order valence-electron chi connectivity index (χ1n) is 8.52. The molecule has 2 amide bonds. The standard InChI is InChI=1S/C20H23FN2O4/c1-15(24)23(13-16-5-3-4-6-19(16)21)14-20(25)22-11-12-27-18-9-7-17(26-2)8-10-18/h3-10H,11-14H2,1-2H3,(H,22,25). The molecule has 0 aromatic heterocycles. The second kappa shape index (κ2) is 10.2. The van der Waals surface area contributed by atoms with Crippen LogP contribution in [0.25, 0.3) is 0 Å². The first kappa shape index (κ1) is 20.2. The molecule has 0 aliphatic rings. The number of nitrogens with zero attached hydrogens (tertiary/aromatic N) is 1. The average Bonchev–Trinajstić information content (AvgIpc) is 2.66. The van der Waals surface area contributed by atoms with E-state index in [0.29, 0.717) is 11.3 Å². The summed E-state index contributed by atoms with van der Waals surface area (Å²) in [4.78, 5) is 25.1. The average molecular weight is 374 g/mol. The van der Waals surface area contributed by atoms with Crippen molar-refractivity contribution >= 4 is 11.8 Å². The summed E-state index contributed by atoms with van der Waals surface area (Å²) in [5.74, 6) is 0.351. The van der Waals surface area contributed by atoms with Gasteiger partial charge < -0.3 is 19.7 Å². The van der Waals surface area contributed by atoms with E-state index < -0.39 is 5.82 Å². The van der Waals surface area contributed by atoms with Crippen LogP contribution in [-0.2, 0) is 16.1 Å². The Labute approximate surface area is 157 Å². The minimum atomic E-state index is -0.406. The van der Waals surface area contributed by atoms with Gasteiger partial charge in [0.25, 0.3) is 0 Å². The lowest BCUT2D eigenvalue weighted by Gasteiger charge is -2.21. The number of nitrogens with one attached hydrogen (secondary N) is 1. The zero-order chi connectivity index (χ0) is 19.6. The fourth-order valence-electron chi connectivity index (χ4n) is 2.37. The van der Waals surface area contributed by atoms with E-state index in [-0.39, 0.29) is 38.1 Å². The zero-order valence-corrected chi connectivity index (χ0v) is 15.4. The quantitative estimate of drug-likeness (QED) is 0.685. The van der Waals surface area contributed by atoms with Crippen LogP contribution in [0.5, 0.6) is 11.5 Å². The molecule has 2 aromatic carbocycles. The molecule has 6 nitrogen and oxygen atoms in total. The summed E-state index contributed by atoms with van der Waals surface area (Å²) in [5.41, 5.74) is 0.364. The highest BCUT2D eigenvalue weighted by Gasteiger charge is 2.15. The summed E-state index contributed by atoms with van der Waals surface area (Å²) >= 11 is 0. The molecule has 0 atom stereocenters. The number of rotatable bonds is 9. The van der Waals surface area contributed by atoms with E-state index in [0.717, 1.165) is 5.75 Å². The van der Waals surface area contributed by atoms with Gasteiger partial charge in [-0.05, 0) is 30.3 Å². The van der Waals surface area contributed by atoms with Gasteiger partial charge in [-0.2, -0.15) is 0 Å². The van der Waals surface area contributed by atoms with Gasteiger partial charge in [0.05, 0.1) is 20.2 Å². The number of ether oxygens (including phenoxy) is 2. The predicted molar refractivity (Wildman–Crippen MR) is 99.0 cm³/mol. The van der Waals surface area contributed by atoms with Gasteiger partial charge >= 0.3 is 0 Å². The smallest absolute Gasteiger partial charge is 0.239 e. The van der Waals surface area contributed by atoms with Gasteiger partial charge in [0.1, 0.15) is 23.9 Å². The number of hydrogen-bond donors (Lipinski definition) is 1. The van der Waals surface area contributed by atoms with E-state index in [1.165, 1.54) is 17.9 Å². The van der Waals surface area contributed by atoms with E-state index in [4.69, 9.17) is 9.47 Å². The molecule has 2 rings (SSSR count). The topological polar surface area (TPSA) is 67.9 Å². The first-order valence-corrected chi connectivity index (χ1v) is 8.52. The Morgan fingerprint density at radius 3 is 2.37 bits per heavy atom. The lowest BCUT2D eigenvalue weighted by molar-refractivity contribution is -0.135. The van der Waals surface area contributed by atoms with E-state index >= 15 is 0 Å². The first-order chi connectivity index (χ1) is 13.0. The molecule has 2 aromatic rings. The number of benzene rings is 2. The van der Waals surface area contributed by atoms with Crippen LogP contribution in [0.1, 0.15) is 12.5 Å². The highest BCUT2D eigenvalue weighted by molar-refractivity contribution is 5.83. The number of amides is 2. The molecule has 144 valence electrons. The van der Waals surface area contributed by atoms with Crippen LogP contribution >= 0.6 is 0 Å². The lowest BCUT2D eigenvalue weighted by atomic mass is 10.2. The zero-order valence-electron chi connectivity index (χ0n) is 15.4.